The molecule has 8 nitrogen and oxygen atoms in total. The van der Waals surface area contributed by atoms with Gasteiger partial charge in [-0.25, -0.2) is 13.2 Å². The second kappa shape index (κ2) is 9.60. The number of para-hydroxylation sites is 1. The molecule has 0 aromatic heterocycles. The van der Waals surface area contributed by atoms with E-state index in [4.69, 9.17) is 9.47 Å². The minimum atomic E-state index is -3.90. The molecule has 1 aliphatic rings. The number of carbonyl (C=O) groups is 2. The van der Waals surface area contributed by atoms with Crippen molar-refractivity contribution in [3.05, 3.63) is 53.6 Å². The van der Waals surface area contributed by atoms with Crippen LogP contribution in [0.1, 0.15) is 36.7 Å². The maximum absolute atomic E-state index is 13.3. The Morgan fingerprint density at radius 3 is 2.53 bits per heavy atom. The van der Waals surface area contributed by atoms with Crippen molar-refractivity contribution in [2.24, 2.45) is 5.92 Å². The van der Waals surface area contributed by atoms with Crippen LogP contribution in [0.3, 0.4) is 0 Å². The lowest BCUT2D eigenvalue weighted by atomic mass is 10.1. The lowest BCUT2D eigenvalue weighted by Gasteiger charge is -2.20. The molecule has 1 heterocycles. The number of benzene rings is 2. The van der Waals surface area contributed by atoms with E-state index in [0.29, 0.717) is 18.7 Å². The average Bonchev–Trinajstić information content (AvgIpc) is 3.22. The van der Waals surface area contributed by atoms with Gasteiger partial charge >= 0.3 is 5.97 Å². The Morgan fingerprint density at radius 1 is 1.12 bits per heavy atom. The molecule has 1 aliphatic heterocycles. The molecule has 0 fully saturated rings. The van der Waals surface area contributed by atoms with Gasteiger partial charge in [-0.05, 0) is 49.1 Å². The molecule has 1 atom stereocenters. The summed E-state index contributed by atoms with van der Waals surface area (Å²) in [5.74, 6) is -0.886. The molecule has 3 rings (SSSR count). The van der Waals surface area contributed by atoms with Crippen molar-refractivity contribution in [3.8, 4) is 5.75 Å². The van der Waals surface area contributed by atoms with Crippen molar-refractivity contribution in [1.82, 2.24) is 5.32 Å². The molecule has 0 saturated carbocycles. The second-order valence-electron chi connectivity index (χ2n) is 7.99. The molecule has 9 heteroatoms. The summed E-state index contributed by atoms with van der Waals surface area (Å²) in [5, 5.41) is 2.75. The number of amides is 1. The van der Waals surface area contributed by atoms with Gasteiger partial charge in [-0.2, -0.15) is 0 Å². The van der Waals surface area contributed by atoms with Crippen molar-refractivity contribution in [2.45, 2.75) is 38.1 Å². The first-order valence-corrected chi connectivity index (χ1v) is 11.8. The fourth-order valence-electron chi connectivity index (χ4n) is 3.36. The summed E-state index contributed by atoms with van der Waals surface area (Å²) in [7, 11) is -2.53. The number of methoxy groups -OCH3 is 1. The first kappa shape index (κ1) is 23.6. The van der Waals surface area contributed by atoms with E-state index in [-0.39, 0.29) is 28.2 Å². The van der Waals surface area contributed by atoms with Crippen LogP contribution in [-0.2, 0) is 26.0 Å². The van der Waals surface area contributed by atoms with Crippen LogP contribution in [0.4, 0.5) is 5.69 Å². The Balaban J connectivity index is 1.81. The highest BCUT2D eigenvalue weighted by Crippen LogP contribution is 2.34. The van der Waals surface area contributed by atoms with Crippen LogP contribution in [0, 0.1) is 5.92 Å². The Labute approximate surface area is 188 Å². The number of rotatable bonds is 8. The van der Waals surface area contributed by atoms with Crippen LogP contribution in [0.5, 0.6) is 5.75 Å². The molecule has 0 saturated heterocycles. The van der Waals surface area contributed by atoms with Gasteiger partial charge in [0.1, 0.15) is 11.3 Å². The number of nitrogens with zero attached hydrogens (tertiary/aromatic N) is 1. The number of nitrogens with one attached hydrogen (secondary N) is 1. The summed E-state index contributed by atoms with van der Waals surface area (Å²) in [6.07, 6.45) is 0.615. The van der Waals surface area contributed by atoms with Crippen LogP contribution in [0.2, 0.25) is 0 Å². The van der Waals surface area contributed by atoms with Crippen LogP contribution in [0.15, 0.2) is 47.4 Å². The average molecular weight is 461 g/mol. The van der Waals surface area contributed by atoms with Crippen molar-refractivity contribution < 1.29 is 27.5 Å². The van der Waals surface area contributed by atoms with Gasteiger partial charge in [-0.1, -0.05) is 32.0 Å². The standard InChI is InChI=1S/C23H28N2O6S/c1-15(2)16(3)24-22(26)14-31-23(27)19-13-18(9-10-21(19)30-4)32(28,29)25-12-11-17-7-5-6-8-20(17)25/h5-10,13,15-16H,11-12,14H2,1-4H3,(H,24,26)/t16-/m0/s1. The molecule has 0 spiro atoms. The van der Waals surface area contributed by atoms with Crippen molar-refractivity contribution >= 4 is 27.6 Å². The molecule has 2 aromatic carbocycles. The minimum absolute atomic E-state index is 0.0557. The predicted octanol–water partition coefficient (Wildman–Crippen LogP) is 2.76. The Kier molecular flexibility index (Phi) is 7.08. The van der Waals surface area contributed by atoms with Gasteiger partial charge in [0.25, 0.3) is 15.9 Å². The number of fused-ring (bicyclic) bond motifs is 1. The number of esters is 1. The van der Waals surface area contributed by atoms with E-state index in [1.807, 2.05) is 32.9 Å². The number of hydrogen-bond acceptors (Lipinski definition) is 6. The van der Waals surface area contributed by atoms with Gasteiger partial charge in [0.15, 0.2) is 6.61 Å². The van der Waals surface area contributed by atoms with Crippen molar-refractivity contribution in [2.75, 3.05) is 24.6 Å². The maximum atomic E-state index is 13.3. The molecular formula is C23H28N2O6S. The highest BCUT2D eigenvalue weighted by molar-refractivity contribution is 7.92. The molecule has 0 radical (unpaired) electrons. The van der Waals surface area contributed by atoms with E-state index >= 15 is 0 Å². The third kappa shape index (κ3) is 4.88. The van der Waals surface area contributed by atoms with Crippen molar-refractivity contribution in [3.63, 3.8) is 0 Å². The van der Waals surface area contributed by atoms with Gasteiger partial charge in [-0.3, -0.25) is 9.10 Å². The molecule has 172 valence electrons. The second-order valence-corrected chi connectivity index (χ2v) is 9.86. The molecule has 0 aliphatic carbocycles. The summed E-state index contributed by atoms with van der Waals surface area (Å²) in [6.45, 7) is 5.63. The fraction of sp³-hybridized carbons (Fsp3) is 0.391. The monoisotopic (exact) mass is 460 g/mol. The highest BCUT2D eigenvalue weighted by Gasteiger charge is 2.32. The van der Waals surface area contributed by atoms with E-state index in [1.165, 1.54) is 29.6 Å². The smallest absolute Gasteiger partial charge is 0.342 e. The largest absolute Gasteiger partial charge is 0.496 e. The van der Waals surface area contributed by atoms with E-state index in [2.05, 4.69) is 5.32 Å². The Hall–Kier alpha value is -3.07. The quantitative estimate of drug-likeness (QED) is 0.608. The third-order valence-electron chi connectivity index (χ3n) is 5.55. The molecule has 2 aromatic rings. The zero-order valence-electron chi connectivity index (χ0n) is 18.6. The minimum Gasteiger partial charge on any atom is -0.496 e. The summed E-state index contributed by atoms with van der Waals surface area (Å²) in [6, 6.07) is 11.3. The lowest BCUT2D eigenvalue weighted by Crippen LogP contribution is -2.38. The zero-order valence-corrected chi connectivity index (χ0v) is 19.4. The SMILES string of the molecule is COc1ccc(S(=O)(=O)N2CCc3ccccc32)cc1C(=O)OCC(=O)N[C@@H](C)C(C)C. The Morgan fingerprint density at radius 2 is 1.84 bits per heavy atom. The summed E-state index contributed by atoms with van der Waals surface area (Å²) in [5.41, 5.74) is 1.51. The molecule has 0 bridgehead atoms. The zero-order chi connectivity index (χ0) is 23.5. The van der Waals surface area contributed by atoms with E-state index in [1.54, 1.807) is 12.1 Å². The molecule has 1 amide bonds. The normalized spacial score (nSPS) is 14.1. The number of ether oxygens (including phenoxy) is 2. The lowest BCUT2D eigenvalue weighted by molar-refractivity contribution is -0.125. The summed E-state index contributed by atoms with van der Waals surface area (Å²) < 4.78 is 38.2. The number of sulfonamides is 1. The van der Waals surface area contributed by atoms with Gasteiger partial charge in [0.2, 0.25) is 0 Å². The van der Waals surface area contributed by atoms with Gasteiger partial charge in [0.05, 0.1) is 17.7 Å². The van der Waals surface area contributed by atoms with Crippen LogP contribution < -0.4 is 14.4 Å². The van der Waals surface area contributed by atoms with Crippen molar-refractivity contribution in [1.29, 1.82) is 0 Å². The van der Waals surface area contributed by atoms with E-state index in [0.717, 1.165) is 5.56 Å². The summed E-state index contributed by atoms with van der Waals surface area (Å²) in [4.78, 5) is 24.6. The molecule has 1 N–H and O–H groups in total. The van der Waals surface area contributed by atoms with E-state index in [9.17, 15) is 18.0 Å². The fourth-order valence-corrected chi connectivity index (χ4v) is 4.89. The van der Waals surface area contributed by atoms with Crippen LogP contribution in [0.25, 0.3) is 0 Å². The first-order valence-electron chi connectivity index (χ1n) is 10.4. The number of anilines is 1. The van der Waals surface area contributed by atoms with Gasteiger partial charge in [-0.15, -0.1) is 0 Å². The van der Waals surface area contributed by atoms with Crippen LogP contribution >= 0.6 is 0 Å². The molecule has 32 heavy (non-hydrogen) atoms. The highest BCUT2D eigenvalue weighted by atomic mass is 32.2. The molecular weight excluding hydrogens is 432 g/mol. The van der Waals surface area contributed by atoms with Gasteiger partial charge < -0.3 is 14.8 Å². The van der Waals surface area contributed by atoms with Crippen LogP contribution in [-0.4, -0.2) is 46.6 Å². The number of carbonyl (C=O) groups excluding carboxylic acids is 2. The maximum Gasteiger partial charge on any atom is 0.342 e. The summed E-state index contributed by atoms with van der Waals surface area (Å²) >= 11 is 0. The van der Waals surface area contributed by atoms with Gasteiger partial charge in [0, 0.05) is 12.6 Å². The first-order chi connectivity index (χ1) is 15.1. The van der Waals surface area contributed by atoms with E-state index < -0.39 is 28.5 Å². The number of hydrogen-bond donors (Lipinski definition) is 1. The predicted molar refractivity (Wildman–Crippen MR) is 120 cm³/mol. The molecule has 0 unspecified atom stereocenters. The topological polar surface area (TPSA) is 102 Å². The third-order valence-corrected chi connectivity index (χ3v) is 7.36. The Bertz CT molecular complexity index is 1110.